The van der Waals surface area contributed by atoms with Crippen LogP contribution in [0.2, 0.25) is 0 Å². The van der Waals surface area contributed by atoms with Crippen LogP contribution in [0.3, 0.4) is 0 Å². The summed E-state index contributed by atoms with van der Waals surface area (Å²) < 4.78 is 107. The minimum Gasteiger partial charge on any atom is -0.386 e. The van der Waals surface area contributed by atoms with Crippen LogP contribution in [0.1, 0.15) is 0 Å². The summed E-state index contributed by atoms with van der Waals surface area (Å²) >= 11 is 0. The van der Waals surface area contributed by atoms with Crippen molar-refractivity contribution in [2.24, 2.45) is 27.1 Å². The molecule has 5 atom stereocenters. The lowest BCUT2D eigenvalue weighted by molar-refractivity contribution is 0.359. The Balaban J connectivity index is 4.33. The fourth-order valence-electron chi connectivity index (χ4n) is 1.70. The molecule has 11 nitrogen and oxygen atoms in total. The van der Waals surface area contributed by atoms with E-state index in [1.807, 2.05) is 0 Å². The summed E-state index contributed by atoms with van der Waals surface area (Å²) in [5.41, 5.74) is 0. The van der Waals surface area contributed by atoms with E-state index in [9.17, 15) is 18.6 Å². The summed E-state index contributed by atoms with van der Waals surface area (Å²) in [6, 6.07) is 0. The zero-order valence-electron chi connectivity index (χ0n) is 15.8. The van der Waals surface area contributed by atoms with Gasteiger partial charge in [0.2, 0.25) is 0 Å². The Bertz CT molecular complexity index is 970. The molecule has 1 rings (SSSR count). The number of hydrogen-bond acceptors (Lipinski definition) is 11. The molecule has 2 N–H and O–H groups in total. The van der Waals surface area contributed by atoms with E-state index in [0.29, 0.717) is 14.2 Å². The third kappa shape index (κ3) is 7.73. The van der Waals surface area contributed by atoms with Gasteiger partial charge in [0, 0.05) is 21.3 Å². The zero-order valence-corrected chi connectivity index (χ0v) is 21.2. The van der Waals surface area contributed by atoms with Crippen LogP contribution in [-0.2, 0) is 13.6 Å². The molecule has 1 aliphatic rings. The number of halogens is 5. The fraction of sp³-hybridized carbons (Fsp3) is 1.00. The molecule has 0 aromatic rings. The van der Waals surface area contributed by atoms with Gasteiger partial charge in [0.05, 0.1) is 7.21 Å². The van der Waals surface area contributed by atoms with Crippen molar-refractivity contribution in [2.75, 3.05) is 47.4 Å². The molecule has 0 aromatic heterocycles. The smallest absolute Gasteiger partial charge is 0.386 e. The fourth-order valence-corrected chi connectivity index (χ4v) is 17.2. The summed E-state index contributed by atoms with van der Waals surface area (Å²) in [4.78, 5) is 0. The maximum Gasteiger partial charge on any atom is 0.387 e. The van der Waals surface area contributed by atoms with Crippen molar-refractivity contribution < 1.29 is 44.8 Å². The largest absolute Gasteiger partial charge is 0.387 e. The van der Waals surface area contributed by atoms with E-state index in [4.69, 9.17) is 0 Å². The van der Waals surface area contributed by atoms with Crippen LogP contribution < -0.4 is 0 Å². The van der Waals surface area contributed by atoms with Crippen molar-refractivity contribution in [2.45, 2.75) is 0 Å². The Morgan fingerprint density at radius 1 is 0.586 bits per heavy atom. The highest BCUT2D eigenvalue weighted by molar-refractivity contribution is 7.82. The van der Waals surface area contributed by atoms with E-state index < -0.39 is 58.2 Å². The average Bonchev–Trinajstić information content (AvgIpc) is 2.59. The molecule has 0 saturated carbocycles. The van der Waals surface area contributed by atoms with Gasteiger partial charge < -0.3 is 23.8 Å². The first-order chi connectivity index (χ1) is 13.0. The van der Waals surface area contributed by atoms with E-state index in [2.05, 4.69) is 40.7 Å². The molecular weight excluding hydrogens is 529 g/mol. The first-order valence-corrected chi connectivity index (χ1v) is 17.8. The van der Waals surface area contributed by atoms with Crippen LogP contribution in [0.4, 0.5) is 21.0 Å². The lowest BCUT2D eigenvalue weighted by atomic mass is 11.7. The van der Waals surface area contributed by atoms with Crippen LogP contribution in [0.25, 0.3) is 0 Å². The predicted octanol–water partition coefficient (Wildman–Crippen LogP) is 7.96. The molecule has 0 aromatic carbocycles. The first kappa shape index (κ1) is 27.9. The van der Waals surface area contributed by atoms with Gasteiger partial charge in [0.1, 0.15) is 12.7 Å². The molecule has 0 saturated heterocycles. The highest BCUT2D eigenvalue weighted by Crippen LogP contribution is 2.80. The standard InChI is InChI=1S/C7H21F5N6O5P6/c1-21-27(10)14-24(4,5)13-25(8,6-19)15-26(9,7-20)16-28(11,22-2)18-29(12,17-27)23-3/h19-20H,6-7H2,1-5H3. The molecule has 0 bridgehead atoms. The summed E-state index contributed by atoms with van der Waals surface area (Å²) in [5.74, 6) is 0. The average molecular weight is 550 g/mol. The van der Waals surface area contributed by atoms with Crippen molar-refractivity contribution in [3.63, 3.8) is 0 Å². The molecule has 1 aliphatic heterocycles. The number of hydrogen-bond donors (Lipinski definition) is 2. The SMILES string of the molecule is COP1(F)=NP(C)(C)=NP(F)(CO)=NP(F)(CO)=NP(F)(OC)=NP(F)(OC)=N1. The second-order valence-electron chi connectivity index (χ2n) is 5.41. The minimum absolute atomic E-state index is 0.635. The van der Waals surface area contributed by atoms with E-state index in [1.165, 1.54) is 0 Å². The minimum atomic E-state index is -5.32. The Morgan fingerprint density at radius 3 is 1.31 bits per heavy atom. The van der Waals surface area contributed by atoms with Gasteiger partial charge in [-0.2, -0.15) is 34.5 Å². The van der Waals surface area contributed by atoms with Crippen LogP contribution in [0.15, 0.2) is 27.1 Å². The molecule has 0 fully saturated rings. The van der Waals surface area contributed by atoms with Crippen molar-refractivity contribution >= 4 is 45.5 Å². The number of rotatable bonds is 5. The molecule has 5 unspecified atom stereocenters. The molecule has 0 radical (unpaired) electrons. The molecule has 0 spiro atoms. The van der Waals surface area contributed by atoms with Crippen LogP contribution in [0, 0.1) is 0 Å². The molecular formula is C7H21F5N6O5P6. The summed E-state index contributed by atoms with van der Waals surface area (Å²) in [7, 11) is -26.8. The van der Waals surface area contributed by atoms with Crippen LogP contribution in [-0.4, -0.2) is 57.6 Å². The maximum atomic E-state index is 15.1. The second kappa shape index (κ2) is 9.76. The van der Waals surface area contributed by atoms with Crippen molar-refractivity contribution in [1.29, 1.82) is 0 Å². The van der Waals surface area contributed by atoms with Gasteiger partial charge in [0.15, 0.2) is 0 Å². The lowest BCUT2D eigenvalue weighted by Crippen LogP contribution is -1.87. The highest BCUT2D eigenvalue weighted by Gasteiger charge is 2.37. The summed E-state index contributed by atoms with van der Waals surface area (Å²) in [6.45, 7) is 2.28. The van der Waals surface area contributed by atoms with E-state index in [-0.39, 0.29) is 0 Å². The van der Waals surface area contributed by atoms with Gasteiger partial charge in [-0.05, 0) is 13.3 Å². The molecule has 29 heavy (non-hydrogen) atoms. The van der Waals surface area contributed by atoms with E-state index in [0.717, 1.165) is 20.4 Å². The van der Waals surface area contributed by atoms with Gasteiger partial charge in [-0.3, -0.25) is 0 Å². The second-order valence-corrected chi connectivity index (χ2v) is 19.4. The summed E-state index contributed by atoms with van der Waals surface area (Å²) in [5, 5.41) is 18.6. The quantitative estimate of drug-likeness (QED) is 0.264. The Kier molecular flexibility index (Phi) is 9.38. The zero-order chi connectivity index (χ0) is 22.8. The van der Waals surface area contributed by atoms with Crippen molar-refractivity contribution in [1.82, 2.24) is 0 Å². The topological polar surface area (TPSA) is 142 Å². The normalized spacial score (nSPS) is 43.0. The van der Waals surface area contributed by atoms with Gasteiger partial charge in [-0.1, -0.05) is 0 Å². The Morgan fingerprint density at radius 2 is 0.931 bits per heavy atom. The predicted molar refractivity (Wildman–Crippen MR) is 109 cm³/mol. The molecule has 174 valence electrons. The summed E-state index contributed by atoms with van der Waals surface area (Å²) in [6.07, 6.45) is -3.05. The van der Waals surface area contributed by atoms with Crippen LogP contribution in [0.5, 0.6) is 0 Å². The Hall–Kier alpha value is 0.830. The number of aliphatic hydroxyl groups excluding tert-OH is 2. The van der Waals surface area contributed by atoms with Gasteiger partial charge in [0.25, 0.3) is 15.0 Å². The van der Waals surface area contributed by atoms with E-state index in [1.54, 1.807) is 0 Å². The maximum absolute atomic E-state index is 15.1. The van der Waals surface area contributed by atoms with Gasteiger partial charge in [-0.15, -0.1) is 9.03 Å². The number of nitrogens with zero attached hydrogens (tertiary/aromatic N) is 6. The monoisotopic (exact) mass is 550 g/mol. The molecule has 22 heteroatoms. The lowest BCUT2D eigenvalue weighted by Gasteiger charge is -2.21. The molecule has 0 aliphatic carbocycles. The molecule has 0 amide bonds. The Labute approximate surface area is 165 Å². The van der Waals surface area contributed by atoms with Crippen LogP contribution >= 0.6 is 45.5 Å². The van der Waals surface area contributed by atoms with Crippen molar-refractivity contribution in [3.05, 3.63) is 0 Å². The number of aliphatic hydroxyl groups is 2. The van der Waals surface area contributed by atoms with E-state index >= 15 is 12.6 Å². The van der Waals surface area contributed by atoms with Gasteiger partial charge >= 0.3 is 23.2 Å². The van der Waals surface area contributed by atoms with Crippen molar-refractivity contribution in [3.8, 4) is 0 Å². The third-order valence-corrected chi connectivity index (χ3v) is 18.0. The van der Waals surface area contributed by atoms with Gasteiger partial charge in [-0.25, -0.2) is 4.52 Å². The first-order valence-electron chi connectivity index (χ1n) is 7.18. The molecule has 1 heterocycles. The highest BCUT2D eigenvalue weighted by atomic mass is 31.3. The third-order valence-electron chi connectivity index (χ3n) is 2.70.